The second kappa shape index (κ2) is 11.8. The molecule has 0 heterocycles. The minimum absolute atomic E-state index is 0.0904. The van der Waals surface area contributed by atoms with E-state index < -0.39 is 22.0 Å². The molecule has 2 N–H and O–H groups in total. The fraction of sp³-hybridized carbons (Fsp3) is 0.296. The molecule has 3 aromatic carbocycles. The van der Waals surface area contributed by atoms with E-state index in [1.54, 1.807) is 18.2 Å². The zero-order valence-corrected chi connectivity index (χ0v) is 20.3. The maximum atomic E-state index is 13.6. The van der Waals surface area contributed by atoms with Crippen LogP contribution >= 0.6 is 0 Å². The number of ether oxygens (including phenoxy) is 1. The van der Waals surface area contributed by atoms with E-state index in [0.29, 0.717) is 23.3 Å². The fourth-order valence-corrected chi connectivity index (χ4v) is 5.29. The van der Waals surface area contributed by atoms with Crippen LogP contribution in [-0.4, -0.2) is 19.5 Å². The van der Waals surface area contributed by atoms with Crippen LogP contribution in [0.25, 0.3) is 0 Å². The molecule has 0 saturated heterocycles. The summed E-state index contributed by atoms with van der Waals surface area (Å²) in [6.45, 7) is 4.29. The molecule has 0 aliphatic heterocycles. The first kappa shape index (κ1) is 25.5. The molecule has 1 unspecified atom stereocenters. The van der Waals surface area contributed by atoms with E-state index in [1.807, 2.05) is 74.5 Å². The highest BCUT2D eigenvalue weighted by molar-refractivity contribution is 7.89. The summed E-state index contributed by atoms with van der Waals surface area (Å²) in [5, 5.41) is 9.14. The molecule has 0 aliphatic rings. The molecular formula is C27H31NO5S. The second-order valence-corrected chi connectivity index (χ2v) is 10.3. The normalized spacial score (nSPS) is 12.4. The fourth-order valence-electron chi connectivity index (χ4n) is 3.73. The topological polar surface area (TPSA) is 92.7 Å². The van der Waals surface area contributed by atoms with Gasteiger partial charge in [-0.1, -0.05) is 74.5 Å². The van der Waals surface area contributed by atoms with Gasteiger partial charge in [0.05, 0.1) is 4.90 Å². The molecule has 0 spiro atoms. The molecule has 0 aliphatic carbocycles. The lowest BCUT2D eigenvalue weighted by Gasteiger charge is -2.22. The SMILES string of the molecule is CC(C)CC(NS(=O)(=O)c1cc(COc2ccccc2)ccc1CCC(=O)O)c1ccccc1. The van der Waals surface area contributed by atoms with Crippen molar-refractivity contribution in [2.24, 2.45) is 5.92 Å². The van der Waals surface area contributed by atoms with Crippen molar-refractivity contribution in [2.75, 3.05) is 0 Å². The predicted octanol–water partition coefficient (Wildman–Crippen LogP) is 5.35. The Hall–Kier alpha value is -3.16. The minimum Gasteiger partial charge on any atom is -0.489 e. The number of aliphatic carboxylic acids is 1. The highest BCUT2D eigenvalue weighted by Gasteiger charge is 2.25. The van der Waals surface area contributed by atoms with Crippen LogP contribution in [0.5, 0.6) is 5.75 Å². The number of carbonyl (C=O) groups is 1. The summed E-state index contributed by atoms with van der Waals surface area (Å²) < 4.78 is 35.8. The van der Waals surface area contributed by atoms with Gasteiger partial charge in [-0.3, -0.25) is 4.79 Å². The molecule has 1 atom stereocenters. The Morgan fingerprint density at radius 3 is 2.24 bits per heavy atom. The van der Waals surface area contributed by atoms with Crippen molar-refractivity contribution in [1.82, 2.24) is 4.72 Å². The first-order valence-electron chi connectivity index (χ1n) is 11.3. The van der Waals surface area contributed by atoms with Gasteiger partial charge in [-0.15, -0.1) is 0 Å². The van der Waals surface area contributed by atoms with Gasteiger partial charge in [0.2, 0.25) is 10.0 Å². The molecule has 3 rings (SSSR count). The Morgan fingerprint density at radius 2 is 1.62 bits per heavy atom. The third kappa shape index (κ3) is 7.43. The van der Waals surface area contributed by atoms with Crippen molar-refractivity contribution in [3.8, 4) is 5.75 Å². The largest absolute Gasteiger partial charge is 0.489 e. The van der Waals surface area contributed by atoms with Gasteiger partial charge in [0.15, 0.2) is 0 Å². The number of aryl methyl sites for hydroxylation is 1. The van der Waals surface area contributed by atoms with Gasteiger partial charge >= 0.3 is 5.97 Å². The van der Waals surface area contributed by atoms with E-state index in [2.05, 4.69) is 4.72 Å². The van der Waals surface area contributed by atoms with Crippen LogP contribution in [0.2, 0.25) is 0 Å². The number of nitrogens with one attached hydrogen (secondary N) is 1. The van der Waals surface area contributed by atoms with Gasteiger partial charge < -0.3 is 9.84 Å². The number of para-hydroxylation sites is 1. The van der Waals surface area contributed by atoms with E-state index in [1.165, 1.54) is 0 Å². The lowest BCUT2D eigenvalue weighted by atomic mass is 9.98. The smallest absolute Gasteiger partial charge is 0.303 e. The monoisotopic (exact) mass is 481 g/mol. The Kier molecular flexibility index (Phi) is 8.85. The molecule has 0 radical (unpaired) electrons. The summed E-state index contributed by atoms with van der Waals surface area (Å²) >= 11 is 0. The van der Waals surface area contributed by atoms with E-state index in [-0.39, 0.29) is 30.3 Å². The maximum Gasteiger partial charge on any atom is 0.303 e. The molecular weight excluding hydrogens is 450 g/mol. The molecule has 0 aromatic heterocycles. The minimum atomic E-state index is -3.94. The standard InChI is InChI=1S/C27H31NO5S/c1-20(2)17-25(22-9-5-3-6-10-22)28-34(31,32)26-18-21(13-14-23(26)15-16-27(29)30)19-33-24-11-7-4-8-12-24/h3-14,18,20,25,28H,15-17,19H2,1-2H3,(H,29,30). The highest BCUT2D eigenvalue weighted by Crippen LogP contribution is 2.27. The Bertz CT molecular complexity index is 1180. The maximum absolute atomic E-state index is 13.6. The number of rotatable bonds is 12. The van der Waals surface area contributed by atoms with Gasteiger partial charge in [-0.2, -0.15) is 0 Å². The summed E-state index contributed by atoms with van der Waals surface area (Å²) in [4.78, 5) is 11.2. The van der Waals surface area contributed by atoms with E-state index >= 15 is 0 Å². The van der Waals surface area contributed by atoms with Gasteiger partial charge in [0.25, 0.3) is 0 Å². The van der Waals surface area contributed by atoms with Crippen molar-refractivity contribution in [3.05, 3.63) is 95.6 Å². The van der Waals surface area contributed by atoms with Gasteiger partial charge in [0.1, 0.15) is 12.4 Å². The summed E-state index contributed by atoms with van der Waals surface area (Å²) in [7, 11) is -3.94. The highest BCUT2D eigenvalue weighted by atomic mass is 32.2. The second-order valence-electron chi connectivity index (χ2n) is 8.65. The third-order valence-electron chi connectivity index (χ3n) is 5.38. The van der Waals surface area contributed by atoms with Crippen molar-refractivity contribution < 1.29 is 23.1 Å². The van der Waals surface area contributed by atoms with Crippen LogP contribution in [0.1, 0.15) is 49.4 Å². The summed E-state index contributed by atoms with van der Waals surface area (Å²) in [6.07, 6.45) is 0.590. The number of sulfonamides is 1. The van der Waals surface area contributed by atoms with Crippen LogP contribution in [0.4, 0.5) is 0 Å². The van der Waals surface area contributed by atoms with Crippen molar-refractivity contribution in [1.29, 1.82) is 0 Å². The van der Waals surface area contributed by atoms with Gasteiger partial charge in [-0.25, -0.2) is 13.1 Å². The summed E-state index contributed by atoms with van der Waals surface area (Å²) in [6, 6.07) is 23.4. The number of carboxylic acid groups (broad SMARTS) is 1. The average molecular weight is 482 g/mol. The first-order valence-corrected chi connectivity index (χ1v) is 12.8. The van der Waals surface area contributed by atoms with E-state index in [4.69, 9.17) is 9.84 Å². The van der Waals surface area contributed by atoms with Crippen LogP contribution in [0, 0.1) is 5.92 Å². The molecule has 0 amide bonds. The summed E-state index contributed by atoms with van der Waals surface area (Å²) in [5.41, 5.74) is 2.04. The molecule has 0 saturated carbocycles. The number of carboxylic acids is 1. The van der Waals surface area contributed by atoms with Crippen molar-refractivity contribution in [3.63, 3.8) is 0 Å². The molecule has 3 aromatic rings. The van der Waals surface area contributed by atoms with Crippen LogP contribution in [0.15, 0.2) is 83.8 Å². The third-order valence-corrected chi connectivity index (χ3v) is 6.94. The van der Waals surface area contributed by atoms with Crippen molar-refractivity contribution >= 4 is 16.0 Å². The number of hydrogen-bond donors (Lipinski definition) is 2. The quantitative estimate of drug-likeness (QED) is 0.364. The van der Waals surface area contributed by atoms with E-state index in [9.17, 15) is 13.2 Å². The first-order chi connectivity index (χ1) is 16.2. The van der Waals surface area contributed by atoms with Crippen LogP contribution in [0.3, 0.4) is 0 Å². The lowest BCUT2D eigenvalue weighted by Crippen LogP contribution is -2.30. The zero-order chi connectivity index (χ0) is 24.6. The van der Waals surface area contributed by atoms with Crippen molar-refractivity contribution in [2.45, 2.75) is 50.7 Å². The zero-order valence-electron chi connectivity index (χ0n) is 19.5. The Balaban J connectivity index is 1.92. The number of benzene rings is 3. The number of hydrogen-bond acceptors (Lipinski definition) is 4. The lowest BCUT2D eigenvalue weighted by molar-refractivity contribution is -0.136. The molecule has 0 bridgehead atoms. The molecule has 6 nitrogen and oxygen atoms in total. The van der Waals surface area contributed by atoms with Crippen LogP contribution in [-0.2, 0) is 27.8 Å². The molecule has 34 heavy (non-hydrogen) atoms. The van der Waals surface area contributed by atoms with Gasteiger partial charge in [-0.05, 0) is 53.6 Å². The molecule has 0 fully saturated rings. The Labute approximate surface area is 201 Å². The molecule has 7 heteroatoms. The van der Waals surface area contributed by atoms with Crippen LogP contribution < -0.4 is 9.46 Å². The average Bonchev–Trinajstić information content (AvgIpc) is 2.82. The molecule has 180 valence electrons. The van der Waals surface area contributed by atoms with E-state index in [0.717, 1.165) is 5.56 Å². The van der Waals surface area contributed by atoms with Gasteiger partial charge in [0, 0.05) is 12.5 Å². The summed E-state index contributed by atoms with van der Waals surface area (Å²) in [5.74, 6) is -0.0270. The Morgan fingerprint density at radius 1 is 0.971 bits per heavy atom. The predicted molar refractivity (Wildman–Crippen MR) is 132 cm³/mol.